The van der Waals surface area contributed by atoms with Crippen LogP contribution in [-0.4, -0.2) is 5.91 Å². The molecule has 0 saturated carbocycles. The number of nitrogens with zero attached hydrogens (tertiary/aromatic N) is 1. The van der Waals surface area contributed by atoms with Crippen LogP contribution in [0.25, 0.3) is 6.08 Å². The van der Waals surface area contributed by atoms with E-state index in [2.05, 4.69) is 27.9 Å². The van der Waals surface area contributed by atoms with Crippen molar-refractivity contribution >= 4 is 40.3 Å². The van der Waals surface area contributed by atoms with E-state index in [0.717, 1.165) is 14.7 Å². The standard InChI is InChI=1S/C23H17IN2O2/c24-20-9-11-21(12-10-20)26-23(27)19(15-25)13-18-7-4-8-22(14-18)28-16-17-5-2-1-3-6-17/h1-14H,16H2,(H,26,27)/b19-13-. The number of rotatable bonds is 6. The van der Waals surface area contributed by atoms with E-state index in [4.69, 9.17) is 4.74 Å². The predicted octanol–water partition coefficient (Wildman–Crippen LogP) is 5.42. The fraction of sp³-hybridized carbons (Fsp3) is 0.0435. The number of anilines is 1. The molecule has 0 aliphatic heterocycles. The first kappa shape index (κ1) is 19.6. The molecule has 0 heterocycles. The number of carbonyl (C=O) groups excluding carboxylic acids is 1. The maximum atomic E-state index is 12.4. The second kappa shape index (κ2) is 9.72. The normalized spacial score (nSPS) is 10.8. The van der Waals surface area contributed by atoms with Crippen LogP contribution in [0.2, 0.25) is 0 Å². The first-order valence-corrected chi connectivity index (χ1v) is 9.67. The summed E-state index contributed by atoms with van der Waals surface area (Å²) in [6.45, 7) is 0.451. The van der Waals surface area contributed by atoms with Gasteiger partial charge in [-0.25, -0.2) is 0 Å². The second-order valence-corrected chi connectivity index (χ2v) is 7.22. The third-order valence-electron chi connectivity index (χ3n) is 3.88. The minimum atomic E-state index is -0.445. The molecule has 0 atom stereocenters. The molecule has 0 saturated heterocycles. The van der Waals surface area contributed by atoms with Crippen molar-refractivity contribution in [3.8, 4) is 11.8 Å². The number of ether oxygens (including phenoxy) is 1. The molecule has 1 amide bonds. The van der Waals surface area contributed by atoms with E-state index in [9.17, 15) is 10.1 Å². The van der Waals surface area contributed by atoms with Crippen LogP contribution in [0.1, 0.15) is 11.1 Å². The lowest BCUT2D eigenvalue weighted by Gasteiger charge is -2.07. The smallest absolute Gasteiger partial charge is 0.266 e. The van der Waals surface area contributed by atoms with Crippen LogP contribution < -0.4 is 10.1 Å². The van der Waals surface area contributed by atoms with Crippen molar-refractivity contribution in [2.24, 2.45) is 0 Å². The zero-order valence-electron chi connectivity index (χ0n) is 14.9. The number of halogens is 1. The van der Waals surface area contributed by atoms with Crippen molar-refractivity contribution in [1.29, 1.82) is 5.26 Å². The van der Waals surface area contributed by atoms with Gasteiger partial charge < -0.3 is 10.1 Å². The van der Waals surface area contributed by atoms with Gasteiger partial charge in [0, 0.05) is 9.26 Å². The van der Waals surface area contributed by atoms with Gasteiger partial charge in [0.05, 0.1) is 0 Å². The Kier molecular flexibility index (Phi) is 6.82. The average Bonchev–Trinajstić information content (AvgIpc) is 2.73. The molecule has 3 rings (SSSR count). The fourth-order valence-corrected chi connectivity index (χ4v) is 2.84. The lowest BCUT2D eigenvalue weighted by Crippen LogP contribution is -2.13. The Balaban J connectivity index is 1.70. The topological polar surface area (TPSA) is 62.1 Å². The van der Waals surface area contributed by atoms with Crippen molar-refractivity contribution in [1.82, 2.24) is 0 Å². The number of benzene rings is 3. The van der Waals surface area contributed by atoms with Crippen molar-refractivity contribution in [2.75, 3.05) is 5.32 Å². The highest BCUT2D eigenvalue weighted by atomic mass is 127. The fourth-order valence-electron chi connectivity index (χ4n) is 2.48. The Bertz CT molecular complexity index is 1020. The van der Waals surface area contributed by atoms with Gasteiger partial charge in [-0.1, -0.05) is 42.5 Å². The Morgan fingerprint density at radius 1 is 1.04 bits per heavy atom. The van der Waals surface area contributed by atoms with E-state index in [1.807, 2.05) is 66.7 Å². The molecule has 5 heteroatoms. The molecule has 4 nitrogen and oxygen atoms in total. The summed E-state index contributed by atoms with van der Waals surface area (Å²) in [6.07, 6.45) is 1.55. The minimum Gasteiger partial charge on any atom is -0.489 e. The minimum absolute atomic E-state index is 0.0266. The van der Waals surface area contributed by atoms with Gasteiger partial charge in [-0.15, -0.1) is 0 Å². The van der Waals surface area contributed by atoms with Gasteiger partial charge in [-0.05, 0) is 76.2 Å². The second-order valence-electron chi connectivity index (χ2n) is 5.98. The summed E-state index contributed by atoms with van der Waals surface area (Å²) < 4.78 is 6.87. The molecule has 3 aromatic rings. The SMILES string of the molecule is N#C/C(=C/c1cccc(OCc2ccccc2)c1)C(=O)Nc1ccc(I)cc1. The van der Waals surface area contributed by atoms with E-state index in [1.165, 1.54) is 0 Å². The van der Waals surface area contributed by atoms with Crippen LogP contribution in [-0.2, 0) is 11.4 Å². The molecule has 0 spiro atoms. The molecule has 0 aliphatic rings. The Morgan fingerprint density at radius 3 is 2.50 bits per heavy atom. The van der Waals surface area contributed by atoms with Gasteiger partial charge >= 0.3 is 0 Å². The van der Waals surface area contributed by atoms with Crippen molar-refractivity contribution in [3.63, 3.8) is 0 Å². The van der Waals surface area contributed by atoms with Gasteiger partial charge in [-0.2, -0.15) is 5.26 Å². The first-order valence-electron chi connectivity index (χ1n) is 8.59. The molecule has 0 aromatic heterocycles. The molecule has 138 valence electrons. The number of carbonyl (C=O) groups is 1. The molecular weight excluding hydrogens is 463 g/mol. The van der Waals surface area contributed by atoms with Crippen molar-refractivity contribution in [3.05, 3.63) is 99.1 Å². The number of amides is 1. The van der Waals surface area contributed by atoms with Crippen molar-refractivity contribution < 1.29 is 9.53 Å². The molecule has 0 aliphatic carbocycles. The van der Waals surface area contributed by atoms with Crippen LogP contribution in [0.4, 0.5) is 5.69 Å². The summed E-state index contributed by atoms with van der Waals surface area (Å²) in [6, 6.07) is 26.5. The molecule has 0 radical (unpaired) electrons. The molecule has 3 aromatic carbocycles. The van der Waals surface area contributed by atoms with Crippen LogP contribution in [0, 0.1) is 14.9 Å². The first-order chi connectivity index (χ1) is 13.6. The summed E-state index contributed by atoms with van der Waals surface area (Å²) in [7, 11) is 0. The van der Waals surface area contributed by atoms with E-state index < -0.39 is 5.91 Å². The van der Waals surface area contributed by atoms with Crippen LogP contribution in [0.3, 0.4) is 0 Å². The zero-order chi connectivity index (χ0) is 19.8. The van der Waals surface area contributed by atoms with Gasteiger partial charge in [0.25, 0.3) is 5.91 Å². The molecule has 0 unspecified atom stereocenters. The Morgan fingerprint density at radius 2 is 1.79 bits per heavy atom. The van der Waals surface area contributed by atoms with Gasteiger partial charge in [0.2, 0.25) is 0 Å². The Labute approximate surface area is 177 Å². The highest BCUT2D eigenvalue weighted by Crippen LogP contribution is 2.18. The summed E-state index contributed by atoms with van der Waals surface area (Å²) in [4.78, 5) is 12.4. The highest BCUT2D eigenvalue weighted by Gasteiger charge is 2.10. The van der Waals surface area contributed by atoms with Crippen LogP contribution in [0.15, 0.2) is 84.4 Å². The van der Waals surface area contributed by atoms with E-state index in [1.54, 1.807) is 24.3 Å². The monoisotopic (exact) mass is 480 g/mol. The quantitative estimate of drug-likeness (QED) is 0.291. The van der Waals surface area contributed by atoms with Gasteiger partial charge in [0.15, 0.2) is 0 Å². The largest absolute Gasteiger partial charge is 0.489 e. The summed E-state index contributed by atoms with van der Waals surface area (Å²) in [5, 5.41) is 12.1. The Hall–Kier alpha value is -3.11. The maximum absolute atomic E-state index is 12.4. The molecule has 0 fully saturated rings. The van der Waals surface area contributed by atoms with E-state index >= 15 is 0 Å². The zero-order valence-corrected chi connectivity index (χ0v) is 17.1. The molecule has 0 bridgehead atoms. The summed E-state index contributed by atoms with van der Waals surface area (Å²) >= 11 is 2.19. The summed E-state index contributed by atoms with van der Waals surface area (Å²) in [5.74, 6) is 0.229. The summed E-state index contributed by atoms with van der Waals surface area (Å²) in [5.41, 5.74) is 2.46. The van der Waals surface area contributed by atoms with E-state index in [0.29, 0.717) is 18.0 Å². The molecular formula is C23H17IN2O2. The lowest BCUT2D eigenvalue weighted by atomic mass is 10.1. The number of nitriles is 1. The predicted molar refractivity (Wildman–Crippen MR) is 119 cm³/mol. The highest BCUT2D eigenvalue weighted by molar-refractivity contribution is 14.1. The van der Waals surface area contributed by atoms with E-state index in [-0.39, 0.29) is 5.57 Å². The van der Waals surface area contributed by atoms with Crippen molar-refractivity contribution in [2.45, 2.75) is 6.61 Å². The lowest BCUT2D eigenvalue weighted by molar-refractivity contribution is -0.112. The number of nitrogens with one attached hydrogen (secondary N) is 1. The third kappa shape index (κ3) is 5.69. The average molecular weight is 480 g/mol. The van der Waals surface area contributed by atoms with Gasteiger partial charge in [0.1, 0.15) is 24.0 Å². The molecule has 28 heavy (non-hydrogen) atoms. The number of hydrogen-bond donors (Lipinski definition) is 1. The third-order valence-corrected chi connectivity index (χ3v) is 4.60. The van der Waals surface area contributed by atoms with Crippen LogP contribution in [0.5, 0.6) is 5.75 Å². The van der Waals surface area contributed by atoms with Gasteiger partial charge in [-0.3, -0.25) is 4.79 Å². The van der Waals surface area contributed by atoms with Crippen LogP contribution >= 0.6 is 22.6 Å². The molecule has 1 N–H and O–H groups in total. The number of hydrogen-bond acceptors (Lipinski definition) is 3. The maximum Gasteiger partial charge on any atom is 0.266 e.